The normalized spacial score (nSPS) is 16.8. The van der Waals surface area contributed by atoms with Gasteiger partial charge in [0.1, 0.15) is 6.54 Å². The lowest BCUT2D eigenvalue weighted by molar-refractivity contribution is -0.122. The van der Waals surface area contributed by atoms with Gasteiger partial charge in [-0.3, -0.25) is 9.48 Å². The average molecular weight is 301 g/mol. The van der Waals surface area contributed by atoms with E-state index < -0.39 is 0 Å². The van der Waals surface area contributed by atoms with Gasteiger partial charge in [0.2, 0.25) is 5.91 Å². The van der Waals surface area contributed by atoms with Crippen molar-refractivity contribution in [3.63, 3.8) is 0 Å². The van der Waals surface area contributed by atoms with Crippen LogP contribution in [0.25, 0.3) is 0 Å². The molecule has 1 unspecified atom stereocenters. The van der Waals surface area contributed by atoms with E-state index in [1.165, 1.54) is 25.7 Å². The summed E-state index contributed by atoms with van der Waals surface area (Å²) < 4.78 is 1.74. The zero-order valence-corrected chi connectivity index (χ0v) is 13.1. The van der Waals surface area contributed by atoms with Crippen molar-refractivity contribution in [1.82, 2.24) is 15.1 Å². The molecule has 0 aliphatic heterocycles. The summed E-state index contributed by atoms with van der Waals surface area (Å²) in [7, 11) is 0. The van der Waals surface area contributed by atoms with Crippen LogP contribution in [0.5, 0.6) is 0 Å². The molecule has 1 aliphatic rings. The second-order valence-corrected chi connectivity index (χ2v) is 5.54. The van der Waals surface area contributed by atoms with Crippen molar-refractivity contribution >= 4 is 18.3 Å². The minimum atomic E-state index is 0. The molecule has 1 aromatic heterocycles. The molecule has 0 bridgehead atoms. The minimum absolute atomic E-state index is 0. The summed E-state index contributed by atoms with van der Waals surface area (Å²) in [6, 6.07) is 2.09. The fourth-order valence-electron chi connectivity index (χ4n) is 2.95. The van der Waals surface area contributed by atoms with Gasteiger partial charge in [0.05, 0.1) is 5.69 Å². The molecule has 0 aromatic carbocycles. The number of rotatable bonds is 5. The van der Waals surface area contributed by atoms with Crippen LogP contribution in [0.2, 0.25) is 0 Å². The van der Waals surface area contributed by atoms with Gasteiger partial charge >= 0.3 is 0 Å². The van der Waals surface area contributed by atoms with Gasteiger partial charge in [0.25, 0.3) is 0 Å². The summed E-state index contributed by atoms with van der Waals surface area (Å²) in [6.45, 7) is 4.70. The molecule has 1 aromatic rings. The number of nitrogens with two attached hydrogens (primary N) is 1. The summed E-state index contributed by atoms with van der Waals surface area (Å²) >= 11 is 0. The van der Waals surface area contributed by atoms with Gasteiger partial charge in [-0.2, -0.15) is 5.10 Å². The van der Waals surface area contributed by atoms with E-state index in [1.54, 1.807) is 4.68 Å². The molecule has 1 atom stereocenters. The summed E-state index contributed by atoms with van der Waals surface area (Å²) in [4.78, 5) is 12.1. The quantitative estimate of drug-likeness (QED) is 0.866. The van der Waals surface area contributed by atoms with Crippen LogP contribution in [0.15, 0.2) is 6.07 Å². The number of carbonyl (C=O) groups is 1. The van der Waals surface area contributed by atoms with Crippen LogP contribution in [0.4, 0.5) is 0 Å². The number of hydrogen-bond acceptors (Lipinski definition) is 3. The fraction of sp³-hybridized carbons (Fsp3) is 0.714. The van der Waals surface area contributed by atoms with Gasteiger partial charge < -0.3 is 11.1 Å². The number of carbonyl (C=O) groups excluding carboxylic acids is 1. The highest BCUT2D eigenvalue weighted by molar-refractivity contribution is 5.85. The number of hydrogen-bond donors (Lipinski definition) is 2. The Morgan fingerprint density at radius 3 is 2.65 bits per heavy atom. The molecule has 1 heterocycles. The van der Waals surface area contributed by atoms with Gasteiger partial charge in [0, 0.05) is 18.3 Å². The van der Waals surface area contributed by atoms with E-state index in [1.807, 2.05) is 19.9 Å². The van der Waals surface area contributed by atoms with Crippen molar-refractivity contribution < 1.29 is 4.79 Å². The Hall–Kier alpha value is -1.07. The Kier molecular flexibility index (Phi) is 6.49. The highest BCUT2D eigenvalue weighted by atomic mass is 35.5. The molecule has 2 rings (SSSR count). The molecular formula is C14H25ClN4O. The standard InChI is InChI=1S/C14H24N4O.ClH/c1-10-7-11(2)18(17-10)9-14(19)16-13(8-15)12-5-3-4-6-12;/h7,12-13H,3-6,8-9,15H2,1-2H3,(H,16,19);1H. The molecule has 20 heavy (non-hydrogen) atoms. The summed E-state index contributed by atoms with van der Waals surface area (Å²) in [5, 5.41) is 7.37. The van der Waals surface area contributed by atoms with Crippen molar-refractivity contribution in [2.24, 2.45) is 11.7 Å². The van der Waals surface area contributed by atoms with Crippen LogP contribution in [0.3, 0.4) is 0 Å². The topological polar surface area (TPSA) is 72.9 Å². The maximum Gasteiger partial charge on any atom is 0.242 e. The van der Waals surface area contributed by atoms with E-state index in [9.17, 15) is 4.79 Å². The van der Waals surface area contributed by atoms with Crippen molar-refractivity contribution in [2.75, 3.05) is 6.54 Å². The van der Waals surface area contributed by atoms with E-state index in [-0.39, 0.29) is 30.9 Å². The number of aromatic nitrogens is 2. The Morgan fingerprint density at radius 2 is 2.15 bits per heavy atom. The molecule has 3 N–H and O–H groups in total. The first-order chi connectivity index (χ1) is 9.10. The minimum Gasteiger partial charge on any atom is -0.350 e. The lowest BCUT2D eigenvalue weighted by Gasteiger charge is -2.23. The number of nitrogens with one attached hydrogen (secondary N) is 1. The molecule has 1 saturated carbocycles. The number of halogens is 1. The predicted molar refractivity (Wildman–Crippen MR) is 81.9 cm³/mol. The molecule has 5 nitrogen and oxygen atoms in total. The van der Waals surface area contributed by atoms with Crippen LogP contribution in [0, 0.1) is 19.8 Å². The smallest absolute Gasteiger partial charge is 0.242 e. The van der Waals surface area contributed by atoms with Gasteiger partial charge in [-0.25, -0.2) is 0 Å². The molecule has 0 spiro atoms. The number of amides is 1. The lowest BCUT2D eigenvalue weighted by atomic mass is 9.98. The first kappa shape index (κ1) is 17.0. The van der Waals surface area contributed by atoms with Crippen LogP contribution in [-0.2, 0) is 11.3 Å². The largest absolute Gasteiger partial charge is 0.350 e. The molecule has 1 fully saturated rings. The SMILES string of the molecule is Cc1cc(C)n(CC(=O)NC(CN)C2CCCC2)n1.Cl. The van der Waals surface area contributed by atoms with E-state index >= 15 is 0 Å². The highest BCUT2D eigenvalue weighted by Gasteiger charge is 2.25. The van der Waals surface area contributed by atoms with E-state index in [0.29, 0.717) is 12.5 Å². The van der Waals surface area contributed by atoms with E-state index in [0.717, 1.165) is 11.4 Å². The van der Waals surface area contributed by atoms with Gasteiger partial charge in [-0.05, 0) is 38.7 Å². The molecule has 6 heteroatoms. The second kappa shape index (κ2) is 7.64. The third-order valence-corrected chi connectivity index (χ3v) is 3.97. The zero-order valence-electron chi connectivity index (χ0n) is 12.3. The van der Waals surface area contributed by atoms with Crippen LogP contribution < -0.4 is 11.1 Å². The van der Waals surface area contributed by atoms with Crippen molar-refractivity contribution in [3.8, 4) is 0 Å². The Balaban J connectivity index is 0.00000200. The van der Waals surface area contributed by atoms with E-state index in [2.05, 4.69) is 10.4 Å². The van der Waals surface area contributed by atoms with Crippen LogP contribution in [0.1, 0.15) is 37.1 Å². The maximum atomic E-state index is 12.1. The molecule has 1 aliphatic carbocycles. The van der Waals surface area contributed by atoms with Crippen molar-refractivity contribution in [1.29, 1.82) is 0 Å². The molecule has 0 saturated heterocycles. The average Bonchev–Trinajstić information content (AvgIpc) is 2.97. The van der Waals surface area contributed by atoms with Crippen molar-refractivity contribution in [3.05, 3.63) is 17.5 Å². The maximum absolute atomic E-state index is 12.1. The third kappa shape index (κ3) is 4.21. The summed E-state index contributed by atoms with van der Waals surface area (Å²) in [6.07, 6.45) is 4.88. The molecule has 0 radical (unpaired) electrons. The second-order valence-electron chi connectivity index (χ2n) is 5.54. The van der Waals surface area contributed by atoms with Crippen LogP contribution >= 0.6 is 12.4 Å². The number of aryl methyl sites for hydroxylation is 2. The summed E-state index contributed by atoms with van der Waals surface area (Å²) in [5.74, 6) is 0.558. The predicted octanol–water partition coefficient (Wildman–Crippen LogP) is 1.56. The monoisotopic (exact) mass is 300 g/mol. The van der Waals surface area contributed by atoms with Gasteiger partial charge in [-0.15, -0.1) is 12.4 Å². The highest BCUT2D eigenvalue weighted by Crippen LogP contribution is 2.27. The summed E-state index contributed by atoms with van der Waals surface area (Å²) in [5.41, 5.74) is 7.74. The van der Waals surface area contributed by atoms with Gasteiger partial charge in [-0.1, -0.05) is 12.8 Å². The van der Waals surface area contributed by atoms with E-state index in [4.69, 9.17) is 5.73 Å². The molecule has 114 valence electrons. The molecular weight excluding hydrogens is 276 g/mol. The van der Waals surface area contributed by atoms with Crippen LogP contribution in [-0.4, -0.2) is 28.3 Å². The van der Waals surface area contributed by atoms with Crippen molar-refractivity contribution in [2.45, 2.75) is 52.1 Å². The zero-order chi connectivity index (χ0) is 13.8. The third-order valence-electron chi connectivity index (χ3n) is 3.97. The Labute approximate surface area is 126 Å². The Bertz CT molecular complexity index is 440. The number of nitrogens with zero attached hydrogens (tertiary/aromatic N) is 2. The Morgan fingerprint density at radius 1 is 1.50 bits per heavy atom. The lowest BCUT2D eigenvalue weighted by Crippen LogP contribution is -2.45. The first-order valence-electron chi connectivity index (χ1n) is 7.10. The molecule has 1 amide bonds. The van der Waals surface area contributed by atoms with Gasteiger partial charge in [0.15, 0.2) is 0 Å². The fourth-order valence-corrected chi connectivity index (χ4v) is 2.95. The first-order valence-corrected chi connectivity index (χ1v) is 7.10.